The van der Waals surface area contributed by atoms with E-state index < -0.39 is 0 Å². The fourth-order valence-corrected chi connectivity index (χ4v) is 3.22. The van der Waals surface area contributed by atoms with Crippen molar-refractivity contribution in [3.63, 3.8) is 0 Å². The highest BCUT2D eigenvalue weighted by Gasteiger charge is 2.15. The maximum absolute atomic E-state index is 14.4. The topological polar surface area (TPSA) is 63.6 Å². The van der Waals surface area contributed by atoms with Gasteiger partial charge in [-0.15, -0.1) is 0 Å². The summed E-state index contributed by atoms with van der Waals surface area (Å²) < 4.78 is 14.4. The first-order valence-electron chi connectivity index (χ1n) is 8.57. The van der Waals surface area contributed by atoms with Crippen molar-refractivity contribution < 1.29 is 4.39 Å². The Bertz CT molecular complexity index is 1190. The molecule has 0 amide bonds. The average molecular weight is 355 g/mol. The Balaban J connectivity index is 1.64. The summed E-state index contributed by atoms with van der Waals surface area (Å²) in [7, 11) is 0. The average Bonchev–Trinajstić information content (AvgIpc) is 3.18. The number of hydrogen-bond acceptors (Lipinski definition) is 5. The highest BCUT2D eigenvalue weighted by atomic mass is 19.1. The number of aromatic nitrogens is 4. The summed E-state index contributed by atoms with van der Waals surface area (Å²) in [5.41, 5.74) is 3.67. The minimum atomic E-state index is -0.217. The first kappa shape index (κ1) is 15.6. The van der Waals surface area contributed by atoms with E-state index in [1.807, 2.05) is 42.5 Å². The van der Waals surface area contributed by atoms with Crippen LogP contribution in [0.3, 0.4) is 0 Å². The molecule has 3 aromatic heterocycles. The van der Waals surface area contributed by atoms with Gasteiger partial charge in [0.1, 0.15) is 11.6 Å². The van der Waals surface area contributed by atoms with Gasteiger partial charge in [-0.2, -0.15) is 0 Å². The van der Waals surface area contributed by atoms with Crippen LogP contribution >= 0.6 is 0 Å². The SMILES string of the molecule is Fc1cc(Nc2nc(-c3ccncc3)nc3ncccc23)cc2c1CC=C2. The molecule has 27 heavy (non-hydrogen) atoms. The van der Waals surface area contributed by atoms with E-state index in [1.165, 1.54) is 6.07 Å². The third-order valence-electron chi connectivity index (χ3n) is 4.52. The van der Waals surface area contributed by atoms with E-state index in [0.29, 0.717) is 29.4 Å². The van der Waals surface area contributed by atoms with Crippen LogP contribution in [-0.4, -0.2) is 19.9 Å². The number of pyridine rings is 2. The van der Waals surface area contributed by atoms with Gasteiger partial charge in [-0.25, -0.2) is 19.3 Å². The van der Waals surface area contributed by atoms with Crippen LogP contribution in [0.15, 0.2) is 61.1 Å². The standard InChI is InChI=1S/C21H14FN5/c22-18-12-15(11-14-3-1-4-16(14)18)25-21-17-5-2-8-24-20(17)26-19(27-21)13-6-9-23-10-7-13/h1-3,5-12H,4H2,(H,24,25,26,27). The van der Waals surface area contributed by atoms with Crippen LogP contribution in [0.4, 0.5) is 15.9 Å². The number of allylic oxidation sites excluding steroid dienone is 1. The van der Waals surface area contributed by atoms with Crippen LogP contribution in [0.1, 0.15) is 11.1 Å². The summed E-state index contributed by atoms with van der Waals surface area (Å²) in [4.78, 5) is 17.6. The molecule has 0 spiro atoms. The third-order valence-corrected chi connectivity index (χ3v) is 4.52. The molecule has 130 valence electrons. The van der Waals surface area contributed by atoms with Gasteiger partial charge in [0, 0.05) is 29.8 Å². The summed E-state index contributed by atoms with van der Waals surface area (Å²) in [5.74, 6) is 0.903. The van der Waals surface area contributed by atoms with Crippen molar-refractivity contribution in [2.75, 3.05) is 5.32 Å². The van der Waals surface area contributed by atoms with E-state index >= 15 is 0 Å². The fraction of sp³-hybridized carbons (Fsp3) is 0.0476. The van der Waals surface area contributed by atoms with E-state index in [2.05, 4.69) is 25.3 Å². The van der Waals surface area contributed by atoms with Gasteiger partial charge >= 0.3 is 0 Å². The molecule has 3 heterocycles. The van der Waals surface area contributed by atoms with Crippen LogP contribution in [0.5, 0.6) is 0 Å². The molecule has 5 nitrogen and oxygen atoms in total. The van der Waals surface area contributed by atoms with Gasteiger partial charge < -0.3 is 5.32 Å². The summed E-state index contributed by atoms with van der Waals surface area (Å²) in [5, 5.41) is 4.02. The minimum absolute atomic E-state index is 0.217. The molecular formula is C21H14FN5. The lowest BCUT2D eigenvalue weighted by atomic mass is 10.1. The van der Waals surface area contributed by atoms with E-state index in [4.69, 9.17) is 0 Å². The van der Waals surface area contributed by atoms with Crippen molar-refractivity contribution in [1.82, 2.24) is 19.9 Å². The van der Waals surface area contributed by atoms with E-state index in [0.717, 1.165) is 22.1 Å². The van der Waals surface area contributed by atoms with Crippen molar-refractivity contribution >= 4 is 28.6 Å². The van der Waals surface area contributed by atoms with Gasteiger partial charge in [0.25, 0.3) is 0 Å². The second-order valence-corrected chi connectivity index (χ2v) is 6.26. The van der Waals surface area contributed by atoms with Crippen LogP contribution in [0.25, 0.3) is 28.5 Å². The highest BCUT2D eigenvalue weighted by molar-refractivity contribution is 5.90. The van der Waals surface area contributed by atoms with E-state index in [1.54, 1.807) is 18.6 Å². The lowest BCUT2D eigenvalue weighted by molar-refractivity contribution is 0.616. The lowest BCUT2D eigenvalue weighted by Crippen LogP contribution is -2.01. The Hall–Kier alpha value is -3.67. The number of benzene rings is 1. The molecule has 6 heteroatoms. The normalized spacial score (nSPS) is 12.3. The highest BCUT2D eigenvalue weighted by Crippen LogP contribution is 2.30. The molecule has 1 aliphatic carbocycles. The number of halogens is 1. The molecule has 0 atom stereocenters. The van der Waals surface area contributed by atoms with Crippen molar-refractivity contribution in [3.8, 4) is 11.4 Å². The molecule has 0 saturated heterocycles. The zero-order valence-corrected chi connectivity index (χ0v) is 14.2. The maximum Gasteiger partial charge on any atom is 0.165 e. The number of nitrogens with zero attached hydrogens (tertiary/aromatic N) is 4. The fourth-order valence-electron chi connectivity index (χ4n) is 3.22. The van der Waals surface area contributed by atoms with Crippen molar-refractivity contribution in [2.45, 2.75) is 6.42 Å². The Morgan fingerprint density at radius 2 is 1.89 bits per heavy atom. The zero-order valence-electron chi connectivity index (χ0n) is 14.2. The van der Waals surface area contributed by atoms with E-state index in [-0.39, 0.29) is 5.82 Å². The van der Waals surface area contributed by atoms with Gasteiger partial charge in [0.05, 0.1) is 5.39 Å². The molecule has 0 unspecified atom stereocenters. The van der Waals surface area contributed by atoms with Gasteiger partial charge in [-0.1, -0.05) is 12.2 Å². The molecule has 0 bridgehead atoms. The Morgan fingerprint density at radius 3 is 2.78 bits per heavy atom. The smallest absolute Gasteiger partial charge is 0.165 e. The van der Waals surface area contributed by atoms with Gasteiger partial charge in [0.15, 0.2) is 11.5 Å². The van der Waals surface area contributed by atoms with E-state index in [9.17, 15) is 4.39 Å². The molecule has 0 radical (unpaired) electrons. The lowest BCUT2D eigenvalue weighted by Gasteiger charge is -2.12. The summed E-state index contributed by atoms with van der Waals surface area (Å²) in [6.45, 7) is 0. The number of rotatable bonds is 3. The second kappa shape index (κ2) is 6.25. The zero-order chi connectivity index (χ0) is 18.2. The molecule has 5 rings (SSSR count). The van der Waals surface area contributed by atoms with Gasteiger partial charge in [-0.3, -0.25) is 4.98 Å². The molecule has 4 aromatic rings. The number of anilines is 2. The molecule has 1 aromatic carbocycles. The molecular weight excluding hydrogens is 341 g/mol. The summed E-state index contributed by atoms with van der Waals surface area (Å²) in [6.07, 6.45) is 9.60. The molecule has 0 fully saturated rings. The first-order chi connectivity index (χ1) is 13.3. The Labute approximate surface area is 154 Å². The Kier molecular flexibility index (Phi) is 3.60. The quantitative estimate of drug-likeness (QED) is 0.585. The molecule has 1 aliphatic rings. The number of nitrogens with one attached hydrogen (secondary N) is 1. The monoisotopic (exact) mass is 355 g/mol. The van der Waals surface area contributed by atoms with Crippen LogP contribution in [-0.2, 0) is 6.42 Å². The Morgan fingerprint density at radius 1 is 1.00 bits per heavy atom. The van der Waals surface area contributed by atoms with Crippen LogP contribution in [0.2, 0.25) is 0 Å². The van der Waals surface area contributed by atoms with Crippen molar-refractivity contribution in [2.24, 2.45) is 0 Å². The predicted molar refractivity (Wildman–Crippen MR) is 103 cm³/mol. The molecule has 0 aliphatic heterocycles. The van der Waals surface area contributed by atoms with Gasteiger partial charge in [0.2, 0.25) is 0 Å². The van der Waals surface area contributed by atoms with Crippen LogP contribution < -0.4 is 5.32 Å². The number of hydrogen-bond donors (Lipinski definition) is 1. The maximum atomic E-state index is 14.4. The summed E-state index contributed by atoms with van der Waals surface area (Å²) in [6, 6.07) is 10.8. The predicted octanol–water partition coefficient (Wildman–Crippen LogP) is 4.54. The second-order valence-electron chi connectivity index (χ2n) is 6.26. The number of fused-ring (bicyclic) bond motifs is 2. The molecule has 1 N–H and O–H groups in total. The third kappa shape index (κ3) is 2.81. The molecule has 0 saturated carbocycles. The van der Waals surface area contributed by atoms with Crippen molar-refractivity contribution in [3.05, 3.63) is 78.0 Å². The largest absolute Gasteiger partial charge is 0.339 e. The van der Waals surface area contributed by atoms with Crippen molar-refractivity contribution in [1.29, 1.82) is 0 Å². The summed E-state index contributed by atoms with van der Waals surface area (Å²) >= 11 is 0. The first-order valence-corrected chi connectivity index (χ1v) is 8.57. The minimum Gasteiger partial charge on any atom is -0.339 e. The van der Waals surface area contributed by atoms with Gasteiger partial charge in [-0.05, 0) is 53.9 Å². The van der Waals surface area contributed by atoms with Crippen LogP contribution in [0, 0.1) is 5.82 Å².